The lowest BCUT2D eigenvalue weighted by Gasteiger charge is -2.16. The minimum Gasteiger partial charge on any atom is -0.489 e. The monoisotopic (exact) mass is 464 g/mol. The molecule has 0 fully saturated rings. The highest BCUT2D eigenvalue weighted by Gasteiger charge is 2.15. The molecule has 0 aliphatic heterocycles. The molecule has 0 aliphatic rings. The van der Waals surface area contributed by atoms with Crippen LogP contribution in [-0.4, -0.2) is 10.2 Å². The topological polar surface area (TPSA) is 47.0 Å². The quantitative estimate of drug-likeness (QED) is 0.269. The molecule has 0 unspecified atom stereocenters. The number of rotatable bonds is 7. The normalized spacial score (nSPS) is 12.0. The van der Waals surface area contributed by atoms with E-state index in [4.69, 9.17) is 4.74 Å². The molecule has 1 N–H and O–H groups in total. The molecular weight excluding hydrogens is 438 g/mol. The van der Waals surface area contributed by atoms with Crippen molar-refractivity contribution in [3.05, 3.63) is 114 Å². The zero-order valence-corrected chi connectivity index (χ0v) is 20.1. The van der Waals surface area contributed by atoms with Crippen LogP contribution in [0.1, 0.15) is 34.7 Å². The van der Waals surface area contributed by atoms with Crippen molar-refractivity contribution in [3.8, 4) is 16.2 Å². The predicted molar refractivity (Wildman–Crippen MR) is 141 cm³/mol. The highest BCUT2D eigenvalue weighted by atomic mass is 32.1. The third-order valence-corrected chi connectivity index (χ3v) is 7.18. The van der Waals surface area contributed by atoms with Gasteiger partial charge in [-0.2, -0.15) is 5.10 Å². The number of benzene rings is 3. The van der Waals surface area contributed by atoms with E-state index in [0.29, 0.717) is 6.61 Å². The summed E-state index contributed by atoms with van der Waals surface area (Å²) in [5.41, 5.74) is 4.24. The molecule has 5 rings (SSSR count). The Labute approximate surface area is 204 Å². The highest BCUT2D eigenvalue weighted by Crippen LogP contribution is 2.35. The van der Waals surface area contributed by atoms with Crippen molar-refractivity contribution in [2.75, 3.05) is 5.32 Å². The van der Waals surface area contributed by atoms with Crippen LogP contribution in [-0.2, 0) is 6.61 Å². The van der Waals surface area contributed by atoms with Gasteiger partial charge in [0.05, 0.1) is 11.7 Å². The predicted octanol–water partition coefficient (Wildman–Crippen LogP) is 7.60. The first-order valence-electron chi connectivity index (χ1n) is 11.3. The molecule has 2 heterocycles. The number of thiophene rings is 1. The van der Waals surface area contributed by atoms with Gasteiger partial charge in [0.2, 0.25) is 0 Å². The van der Waals surface area contributed by atoms with E-state index >= 15 is 0 Å². The third kappa shape index (κ3) is 4.66. The fourth-order valence-electron chi connectivity index (χ4n) is 3.97. The molecule has 1 atom stereocenters. The van der Waals surface area contributed by atoms with Gasteiger partial charge in [0.1, 0.15) is 12.4 Å². The number of nitrogens with zero attached hydrogens (tertiary/aromatic N) is 2. The number of hydrogen-bond donors (Lipinski definition) is 1. The van der Waals surface area contributed by atoms with E-state index < -0.39 is 0 Å². The molecule has 5 aromatic rings. The van der Waals surface area contributed by atoms with Gasteiger partial charge in [-0.25, -0.2) is 0 Å². The minimum absolute atomic E-state index is 0.0739. The average Bonchev–Trinajstić information content (AvgIpc) is 3.36. The molecule has 34 heavy (non-hydrogen) atoms. The van der Waals surface area contributed by atoms with Crippen LogP contribution in [0.4, 0.5) is 5.82 Å². The van der Waals surface area contributed by atoms with Crippen LogP contribution >= 0.6 is 11.3 Å². The second kappa shape index (κ2) is 9.65. The Morgan fingerprint density at radius 3 is 2.53 bits per heavy atom. The van der Waals surface area contributed by atoms with E-state index in [1.54, 1.807) is 11.3 Å². The average molecular weight is 465 g/mol. The molecule has 0 amide bonds. The summed E-state index contributed by atoms with van der Waals surface area (Å²) in [4.78, 5) is 2.44. The Balaban J connectivity index is 1.39. The van der Waals surface area contributed by atoms with Gasteiger partial charge in [-0.05, 0) is 67.8 Å². The summed E-state index contributed by atoms with van der Waals surface area (Å²) in [6.07, 6.45) is 0. The summed E-state index contributed by atoms with van der Waals surface area (Å²) in [5, 5.41) is 14.5. The van der Waals surface area contributed by atoms with Crippen LogP contribution < -0.4 is 10.1 Å². The lowest BCUT2D eigenvalue weighted by molar-refractivity contribution is 0.306. The second-order valence-electron chi connectivity index (χ2n) is 8.34. The number of nitrogens with one attached hydrogen (secondary N) is 1. The van der Waals surface area contributed by atoms with Crippen LogP contribution in [0.15, 0.2) is 84.9 Å². The summed E-state index contributed by atoms with van der Waals surface area (Å²) >= 11 is 1.77. The molecule has 0 saturated carbocycles. The second-order valence-corrected chi connectivity index (χ2v) is 9.46. The molecule has 1 radical (unpaired) electrons. The lowest BCUT2D eigenvalue weighted by atomic mass is 10.1. The van der Waals surface area contributed by atoms with Crippen molar-refractivity contribution in [1.82, 2.24) is 10.2 Å². The molecule has 3 aromatic carbocycles. The number of anilines is 1. The van der Waals surface area contributed by atoms with Gasteiger partial charge < -0.3 is 10.1 Å². The number of aryl methyl sites for hydroxylation is 1. The van der Waals surface area contributed by atoms with Gasteiger partial charge in [-0.1, -0.05) is 54.6 Å². The minimum atomic E-state index is 0.0739. The maximum atomic E-state index is 6.07. The van der Waals surface area contributed by atoms with Crippen LogP contribution in [0.3, 0.4) is 0 Å². The van der Waals surface area contributed by atoms with Crippen molar-refractivity contribution in [1.29, 1.82) is 0 Å². The van der Waals surface area contributed by atoms with Crippen molar-refractivity contribution in [3.63, 3.8) is 0 Å². The van der Waals surface area contributed by atoms with E-state index in [-0.39, 0.29) is 6.04 Å². The maximum absolute atomic E-state index is 6.07. The van der Waals surface area contributed by atoms with Gasteiger partial charge in [0.15, 0.2) is 5.82 Å². The van der Waals surface area contributed by atoms with E-state index in [0.717, 1.165) is 39.2 Å². The fourth-order valence-corrected chi connectivity index (χ4v) is 5.04. The van der Waals surface area contributed by atoms with Crippen molar-refractivity contribution >= 4 is 27.9 Å². The fraction of sp³-hybridized carbons (Fsp3) is 0.138. The van der Waals surface area contributed by atoms with Gasteiger partial charge in [-0.15, -0.1) is 16.4 Å². The van der Waals surface area contributed by atoms with Crippen molar-refractivity contribution in [2.45, 2.75) is 26.5 Å². The van der Waals surface area contributed by atoms with Gasteiger partial charge in [0, 0.05) is 20.5 Å². The van der Waals surface area contributed by atoms with Crippen LogP contribution in [0.2, 0.25) is 0 Å². The highest BCUT2D eigenvalue weighted by molar-refractivity contribution is 7.15. The Bertz CT molecular complexity index is 1430. The number of fused-ring (bicyclic) bond motifs is 1. The maximum Gasteiger partial charge on any atom is 0.157 e. The standard InChI is InChI=1S/C29H26N3OS/c1-19-9-7-8-12-24(19)28-16-15-27(34-28)21(3)30-29-26-17-23(13-14-25(26)20(2)31-32-29)33-18-22-10-5-4-6-11-22/h4-17,21H,1,18H2,2-3H3,(H,30,32)/t21-/m1/s1. The Kier molecular flexibility index (Phi) is 6.28. The Morgan fingerprint density at radius 1 is 0.912 bits per heavy atom. The Morgan fingerprint density at radius 2 is 1.71 bits per heavy atom. The summed E-state index contributed by atoms with van der Waals surface area (Å²) in [7, 11) is 0. The third-order valence-electron chi connectivity index (χ3n) is 5.87. The van der Waals surface area contributed by atoms with Crippen LogP contribution in [0.25, 0.3) is 21.2 Å². The van der Waals surface area contributed by atoms with Crippen LogP contribution in [0.5, 0.6) is 5.75 Å². The van der Waals surface area contributed by atoms with Gasteiger partial charge in [-0.3, -0.25) is 0 Å². The van der Waals surface area contributed by atoms with E-state index in [9.17, 15) is 0 Å². The molecule has 2 aromatic heterocycles. The molecule has 0 bridgehead atoms. The lowest BCUT2D eigenvalue weighted by Crippen LogP contribution is -2.08. The van der Waals surface area contributed by atoms with E-state index in [1.807, 2.05) is 49.4 Å². The number of ether oxygens (including phenoxy) is 1. The molecule has 0 aliphatic carbocycles. The molecular formula is C29H26N3OS. The zero-order chi connectivity index (χ0) is 23.5. The van der Waals surface area contributed by atoms with E-state index in [2.05, 4.69) is 71.8 Å². The van der Waals surface area contributed by atoms with Crippen molar-refractivity contribution < 1.29 is 4.74 Å². The van der Waals surface area contributed by atoms with Crippen LogP contribution in [0, 0.1) is 13.8 Å². The largest absolute Gasteiger partial charge is 0.489 e. The SMILES string of the molecule is [CH2]c1ccccc1-c1ccc([C@@H](C)Nc2nnc(C)c3ccc(OCc4ccccc4)cc23)s1. The molecule has 0 spiro atoms. The number of aromatic nitrogens is 2. The first kappa shape index (κ1) is 22.1. The first-order valence-corrected chi connectivity index (χ1v) is 12.1. The molecule has 5 heteroatoms. The zero-order valence-electron chi connectivity index (χ0n) is 19.3. The summed E-state index contributed by atoms with van der Waals surface area (Å²) in [5.74, 6) is 1.57. The smallest absolute Gasteiger partial charge is 0.157 e. The summed E-state index contributed by atoms with van der Waals surface area (Å²) in [6.45, 7) is 8.82. The van der Waals surface area contributed by atoms with Gasteiger partial charge >= 0.3 is 0 Å². The Hall–Kier alpha value is -3.70. The van der Waals surface area contributed by atoms with Crippen molar-refractivity contribution in [2.24, 2.45) is 0 Å². The first-order chi connectivity index (χ1) is 16.6. The summed E-state index contributed by atoms with van der Waals surface area (Å²) < 4.78 is 6.07. The molecule has 4 nitrogen and oxygen atoms in total. The van der Waals surface area contributed by atoms with Gasteiger partial charge in [0.25, 0.3) is 0 Å². The van der Waals surface area contributed by atoms with E-state index in [1.165, 1.54) is 15.3 Å². The molecule has 0 saturated heterocycles. The summed E-state index contributed by atoms with van der Waals surface area (Å²) in [6, 6.07) is 28.9. The molecule has 169 valence electrons. The number of hydrogen-bond acceptors (Lipinski definition) is 5.